The van der Waals surface area contributed by atoms with Crippen LogP contribution in [-0.4, -0.2) is 16.4 Å². The zero-order valence-electron chi connectivity index (χ0n) is 7.88. The summed E-state index contributed by atoms with van der Waals surface area (Å²) in [6.45, 7) is -0.199. The average molecular weight is 203 g/mol. The first-order valence-corrected chi connectivity index (χ1v) is 4.44. The second kappa shape index (κ2) is 4.06. The van der Waals surface area contributed by atoms with Crippen molar-refractivity contribution in [1.82, 2.24) is 4.98 Å². The molecule has 0 unspecified atom stereocenters. The van der Waals surface area contributed by atoms with Crippen molar-refractivity contribution in [2.75, 3.05) is 0 Å². The molecule has 0 aliphatic rings. The number of rotatable bonds is 3. The third-order valence-electron chi connectivity index (χ3n) is 1.99. The molecule has 0 aliphatic heterocycles. The summed E-state index contributed by atoms with van der Waals surface area (Å²) in [4.78, 5) is 14.5. The van der Waals surface area contributed by atoms with Crippen LogP contribution in [0.15, 0.2) is 34.9 Å². The first kappa shape index (κ1) is 9.61. The number of aldehydes is 1. The molecule has 0 aromatic carbocycles. The average Bonchev–Trinajstić information content (AvgIpc) is 2.81. The van der Waals surface area contributed by atoms with Crippen molar-refractivity contribution >= 4 is 6.29 Å². The molecule has 0 fully saturated rings. The number of aliphatic hydroxyl groups excluding tert-OH is 1. The van der Waals surface area contributed by atoms with E-state index in [1.807, 2.05) is 0 Å². The molecule has 0 atom stereocenters. The van der Waals surface area contributed by atoms with Crippen LogP contribution in [0.1, 0.15) is 16.2 Å². The van der Waals surface area contributed by atoms with Crippen LogP contribution in [0.2, 0.25) is 0 Å². The highest BCUT2D eigenvalue weighted by Crippen LogP contribution is 2.20. The molecule has 0 spiro atoms. The minimum atomic E-state index is -0.199. The van der Waals surface area contributed by atoms with Gasteiger partial charge in [0.1, 0.15) is 11.5 Å². The van der Waals surface area contributed by atoms with E-state index in [2.05, 4.69) is 4.98 Å². The third kappa shape index (κ3) is 1.94. The van der Waals surface area contributed by atoms with E-state index >= 15 is 0 Å². The van der Waals surface area contributed by atoms with Crippen molar-refractivity contribution in [3.63, 3.8) is 0 Å². The Morgan fingerprint density at radius 1 is 1.47 bits per heavy atom. The van der Waals surface area contributed by atoms with Crippen LogP contribution in [0.3, 0.4) is 0 Å². The van der Waals surface area contributed by atoms with Gasteiger partial charge in [-0.2, -0.15) is 0 Å². The highest BCUT2D eigenvalue weighted by molar-refractivity contribution is 5.75. The molecule has 0 amide bonds. The largest absolute Gasteiger partial charge is 0.464 e. The number of aliphatic hydroxyl groups is 1. The lowest BCUT2D eigenvalue weighted by Crippen LogP contribution is -1.95. The summed E-state index contributed by atoms with van der Waals surface area (Å²) >= 11 is 0. The molecule has 1 N–H and O–H groups in total. The molecule has 4 nitrogen and oxygen atoms in total. The number of furan rings is 1. The summed E-state index contributed by atoms with van der Waals surface area (Å²) in [6, 6.07) is 6.84. The molecule has 15 heavy (non-hydrogen) atoms. The van der Waals surface area contributed by atoms with Crippen molar-refractivity contribution in [2.24, 2.45) is 0 Å². The van der Waals surface area contributed by atoms with Crippen LogP contribution >= 0.6 is 0 Å². The SMILES string of the molecule is O=Cc1cc(-c2ccco2)cc(CO)n1. The summed E-state index contributed by atoms with van der Waals surface area (Å²) < 4.78 is 5.19. The lowest BCUT2D eigenvalue weighted by Gasteiger charge is -2.01. The molecule has 0 bridgehead atoms. The molecule has 0 saturated carbocycles. The number of hydrogen-bond donors (Lipinski definition) is 1. The zero-order chi connectivity index (χ0) is 10.7. The van der Waals surface area contributed by atoms with Gasteiger partial charge in [0.2, 0.25) is 0 Å². The molecule has 2 rings (SSSR count). The lowest BCUT2D eigenvalue weighted by atomic mass is 10.1. The van der Waals surface area contributed by atoms with E-state index in [1.54, 1.807) is 30.5 Å². The highest BCUT2D eigenvalue weighted by Gasteiger charge is 2.05. The fraction of sp³-hybridized carbons (Fsp3) is 0.0909. The van der Waals surface area contributed by atoms with E-state index in [1.165, 1.54) is 0 Å². The fourth-order valence-electron chi connectivity index (χ4n) is 1.34. The first-order chi connectivity index (χ1) is 7.33. The zero-order valence-corrected chi connectivity index (χ0v) is 7.88. The molecule has 0 saturated heterocycles. The summed E-state index contributed by atoms with van der Waals surface area (Å²) in [5, 5.41) is 8.97. The maximum atomic E-state index is 10.6. The van der Waals surface area contributed by atoms with E-state index in [9.17, 15) is 4.79 Å². The van der Waals surface area contributed by atoms with Gasteiger partial charge in [0.25, 0.3) is 0 Å². The molecule has 2 aromatic rings. The van der Waals surface area contributed by atoms with Gasteiger partial charge >= 0.3 is 0 Å². The molecule has 4 heteroatoms. The van der Waals surface area contributed by atoms with Crippen LogP contribution in [-0.2, 0) is 6.61 Å². The summed E-state index contributed by atoms with van der Waals surface area (Å²) in [5.41, 5.74) is 1.47. The second-order valence-corrected chi connectivity index (χ2v) is 3.03. The summed E-state index contributed by atoms with van der Waals surface area (Å²) in [6.07, 6.45) is 2.20. The Morgan fingerprint density at radius 2 is 2.33 bits per heavy atom. The first-order valence-electron chi connectivity index (χ1n) is 4.44. The number of nitrogens with zero attached hydrogens (tertiary/aromatic N) is 1. The van der Waals surface area contributed by atoms with Gasteiger partial charge in [-0.1, -0.05) is 0 Å². The van der Waals surface area contributed by atoms with Crippen molar-refractivity contribution in [2.45, 2.75) is 6.61 Å². The summed E-state index contributed by atoms with van der Waals surface area (Å²) in [7, 11) is 0. The van der Waals surface area contributed by atoms with Crippen molar-refractivity contribution in [3.8, 4) is 11.3 Å². The van der Waals surface area contributed by atoms with Gasteiger partial charge in [0.15, 0.2) is 6.29 Å². The Balaban J connectivity index is 2.52. The standard InChI is InChI=1S/C11H9NO3/c13-6-9-4-8(5-10(7-14)12-9)11-2-1-3-15-11/h1-6,14H,7H2. The van der Waals surface area contributed by atoms with Crippen molar-refractivity contribution in [1.29, 1.82) is 0 Å². The molecule has 76 valence electrons. The molecule has 2 aromatic heterocycles. The maximum Gasteiger partial charge on any atom is 0.168 e. The Morgan fingerprint density at radius 3 is 2.93 bits per heavy atom. The molecule has 0 radical (unpaired) electrons. The van der Waals surface area contributed by atoms with Gasteiger partial charge in [0, 0.05) is 5.56 Å². The van der Waals surface area contributed by atoms with E-state index in [0.717, 1.165) is 5.56 Å². The third-order valence-corrected chi connectivity index (χ3v) is 1.99. The van der Waals surface area contributed by atoms with Crippen molar-refractivity contribution < 1.29 is 14.3 Å². The monoisotopic (exact) mass is 203 g/mol. The number of aromatic nitrogens is 1. The van der Waals surface area contributed by atoms with Gasteiger partial charge in [-0.15, -0.1) is 0 Å². The fourth-order valence-corrected chi connectivity index (χ4v) is 1.34. The van der Waals surface area contributed by atoms with E-state index < -0.39 is 0 Å². The molecular weight excluding hydrogens is 194 g/mol. The van der Waals surface area contributed by atoms with Crippen LogP contribution in [0.5, 0.6) is 0 Å². The van der Waals surface area contributed by atoms with Gasteiger partial charge in [0.05, 0.1) is 18.6 Å². The van der Waals surface area contributed by atoms with E-state index in [-0.39, 0.29) is 12.3 Å². The minimum absolute atomic E-state index is 0.199. The van der Waals surface area contributed by atoms with Crippen LogP contribution in [0.4, 0.5) is 0 Å². The number of pyridine rings is 1. The second-order valence-electron chi connectivity index (χ2n) is 3.03. The van der Waals surface area contributed by atoms with E-state index in [4.69, 9.17) is 9.52 Å². The van der Waals surface area contributed by atoms with E-state index in [0.29, 0.717) is 17.7 Å². The smallest absolute Gasteiger partial charge is 0.168 e. The predicted octanol–water partition coefficient (Wildman–Crippen LogP) is 1.65. The number of hydrogen-bond acceptors (Lipinski definition) is 4. The van der Waals surface area contributed by atoms with Crippen LogP contribution < -0.4 is 0 Å². The molecule has 0 aliphatic carbocycles. The van der Waals surface area contributed by atoms with Crippen LogP contribution in [0.25, 0.3) is 11.3 Å². The number of carbonyl (C=O) groups excluding carboxylic acids is 1. The quantitative estimate of drug-likeness (QED) is 0.770. The Hall–Kier alpha value is -1.94. The van der Waals surface area contributed by atoms with Gasteiger partial charge in [-0.25, -0.2) is 4.98 Å². The Kier molecular flexibility index (Phi) is 2.60. The maximum absolute atomic E-state index is 10.6. The normalized spacial score (nSPS) is 10.2. The van der Waals surface area contributed by atoms with Gasteiger partial charge in [-0.05, 0) is 24.3 Å². The lowest BCUT2D eigenvalue weighted by molar-refractivity contribution is 0.111. The number of carbonyl (C=O) groups is 1. The Bertz CT molecular complexity index is 463. The van der Waals surface area contributed by atoms with Crippen LogP contribution in [0, 0.1) is 0 Å². The van der Waals surface area contributed by atoms with Gasteiger partial charge in [-0.3, -0.25) is 4.79 Å². The Labute approximate surface area is 86.2 Å². The predicted molar refractivity (Wildman–Crippen MR) is 53.2 cm³/mol. The summed E-state index contributed by atoms with van der Waals surface area (Å²) in [5.74, 6) is 0.648. The topological polar surface area (TPSA) is 63.3 Å². The minimum Gasteiger partial charge on any atom is -0.464 e. The highest BCUT2D eigenvalue weighted by atomic mass is 16.3. The van der Waals surface area contributed by atoms with Crippen molar-refractivity contribution in [3.05, 3.63) is 41.9 Å². The molecule has 2 heterocycles. The van der Waals surface area contributed by atoms with Gasteiger partial charge < -0.3 is 9.52 Å². The molecular formula is C11H9NO3.